The van der Waals surface area contributed by atoms with Gasteiger partial charge in [-0.1, -0.05) is 19.8 Å². The van der Waals surface area contributed by atoms with Gasteiger partial charge in [0.2, 0.25) is 0 Å². The van der Waals surface area contributed by atoms with E-state index in [4.69, 9.17) is 4.74 Å². The van der Waals surface area contributed by atoms with Crippen LogP contribution in [0.15, 0.2) is 30.6 Å². The summed E-state index contributed by atoms with van der Waals surface area (Å²) in [5, 5.41) is 13.9. The molecule has 0 aliphatic heterocycles. The Bertz CT molecular complexity index is 745. The van der Waals surface area contributed by atoms with Gasteiger partial charge in [-0.15, -0.1) is 5.10 Å². The molecule has 1 aromatic heterocycles. The molecule has 1 aliphatic carbocycles. The molecule has 3 rings (SSSR count). The zero-order chi connectivity index (χ0) is 18.5. The van der Waals surface area contributed by atoms with Crippen LogP contribution >= 0.6 is 0 Å². The van der Waals surface area contributed by atoms with E-state index in [1.807, 2.05) is 0 Å². The van der Waals surface area contributed by atoms with Crippen LogP contribution in [0.3, 0.4) is 0 Å². The van der Waals surface area contributed by atoms with Crippen molar-refractivity contribution in [2.24, 2.45) is 5.92 Å². The van der Waals surface area contributed by atoms with Crippen molar-refractivity contribution in [3.8, 4) is 5.69 Å². The van der Waals surface area contributed by atoms with E-state index in [1.165, 1.54) is 17.4 Å². The number of nitrogens with zero attached hydrogens (tertiary/aromatic N) is 4. The molecule has 2 aromatic rings. The predicted octanol–water partition coefficient (Wildman–Crippen LogP) is 1.90. The molecule has 1 fully saturated rings. The van der Waals surface area contributed by atoms with E-state index in [-0.39, 0.29) is 11.9 Å². The van der Waals surface area contributed by atoms with E-state index < -0.39 is 12.1 Å². The van der Waals surface area contributed by atoms with Crippen molar-refractivity contribution >= 4 is 11.9 Å². The van der Waals surface area contributed by atoms with Crippen molar-refractivity contribution in [2.45, 2.75) is 51.7 Å². The molecule has 0 unspecified atom stereocenters. The van der Waals surface area contributed by atoms with Crippen LogP contribution in [0.1, 0.15) is 49.9 Å². The van der Waals surface area contributed by atoms with E-state index in [9.17, 15) is 9.59 Å². The molecule has 1 saturated carbocycles. The molecule has 8 heteroatoms. The Morgan fingerprint density at radius 2 is 1.96 bits per heavy atom. The first-order valence-electron chi connectivity index (χ1n) is 8.89. The first-order valence-corrected chi connectivity index (χ1v) is 8.89. The molecule has 138 valence electrons. The highest BCUT2D eigenvalue weighted by molar-refractivity contribution is 5.92. The van der Waals surface area contributed by atoms with Crippen molar-refractivity contribution in [2.75, 3.05) is 0 Å². The average molecular weight is 357 g/mol. The minimum Gasteiger partial charge on any atom is -0.449 e. The van der Waals surface area contributed by atoms with Gasteiger partial charge in [0, 0.05) is 6.04 Å². The maximum absolute atomic E-state index is 12.3. The number of rotatable bonds is 5. The molecule has 1 aliphatic rings. The minimum absolute atomic E-state index is 0.160. The summed E-state index contributed by atoms with van der Waals surface area (Å²) < 4.78 is 6.79. The number of hydrogen-bond donors (Lipinski definition) is 1. The second kappa shape index (κ2) is 8.07. The standard InChI is InChI=1S/C18H23N5O3/c1-12-5-3-4-6-16(12)20-17(24)13(2)26-18(25)14-7-9-15(10-8-14)23-11-19-21-22-23/h7-13,16H,3-6H2,1-2H3,(H,20,24)/t12-,13+,16-/m0/s1. The lowest BCUT2D eigenvalue weighted by Gasteiger charge is -2.30. The summed E-state index contributed by atoms with van der Waals surface area (Å²) in [5.74, 6) is -0.329. The highest BCUT2D eigenvalue weighted by Gasteiger charge is 2.26. The second-order valence-corrected chi connectivity index (χ2v) is 6.73. The second-order valence-electron chi connectivity index (χ2n) is 6.73. The largest absolute Gasteiger partial charge is 0.449 e. The van der Waals surface area contributed by atoms with Crippen LogP contribution in [0.4, 0.5) is 0 Å². The molecular weight excluding hydrogens is 334 g/mol. The van der Waals surface area contributed by atoms with Gasteiger partial charge >= 0.3 is 5.97 Å². The van der Waals surface area contributed by atoms with Crippen LogP contribution in [-0.4, -0.2) is 44.2 Å². The van der Waals surface area contributed by atoms with Crippen LogP contribution in [0, 0.1) is 5.92 Å². The van der Waals surface area contributed by atoms with Crippen LogP contribution in [0.5, 0.6) is 0 Å². The summed E-state index contributed by atoms with van der Waals surface area (Å²) in [6.07, 6.45) is 5.05. The molecule has 1 N–H and O–H groups in total. The van der Waals surface area contributed by atoms with Gasteiger partial charge in [-0.3, -0.25) is 4.79 Å². The summed E-state index contributed by atoms with van der Waals surface area (Å²) >= 11 is 0. The fraction of sp³-hybridized carbons (Fsp3) is 0.500. The Balaban J connectivity index is 1.55. The molecule has 0 radical (unpaired) electrons. The highest BCUT2D eigenvalue weighted by Crippen LogP contribution is 2.23. The van der Waals surface area contributed by atoms with E-state index in [0.717, 1.165) is 24.9 Å². The fourth-order valence-corrected chi connectivity index (χ4v) is 3.14. The van der Waals surface area contributed by atoms with Crippen molar-refractivity contribution in [1.82, 2.24) is 25.5 Å². The number of nitrogens with one attached hydrogen (secondary N) is 1. The third kappa shape index (κ3) is 4.25. The molecule has 0 saturated heterocycles. The Hall–Kier alpha value is -2.77. The number of hydrogen-bond acceptors (Lipinski definition) is 6. The number of esters is 1. The maximum Gasteiger partial charge on any atom is 0.338 e. The lowest BCUT2D eigenvalue weighted by Crippen LogP contribution is -2.45. The zero-order valence-corrected chi connectivity index (χ0v) is 15.0. The SMILES string of the molecule is C[C@@H](OC(=O)c1ccc(-n2cnnn2)cc1)C(=O)N[C@H]1CCCC[C@@H]1C. The van der Waals surface area contributed by atoms with E-state index in [1.54, 1.807) is 31.2 Å². The third-order valence-corrected chi connectivity index (χ3v) is 4.81. The number of aromatic nitrogens is 4. The van der Waals surface area contributed by atoms with Gasteiger partial charge in [-0.25, -0.2) is 9.48 Å². The van der Waals surface area contributed by atoms with Gasteiger partial charge in [0.15, 0.2) is 6.10 Å². The zero-order valence-electron chi connectivity index (χ0n) is 15.0. The fourth-order valence-electron chi connectivity index (χ4n) is 3.14. The topological polar surface area (TPSA) is 99.0 Å². The van der Waals surface area contributed by atoms with Gasteiger partial charge in [0.05, 0.1) is 11.3 Å². The Kier molecular flexibility index (Phi) is 5.60. The monoisotopic (exact) mass is 357 g/mol. The van der Waals surface area contributed by atoms with Crippen LogP contribution < -0.4 is 5.32 Å². The van der Waals surface area contributed by atoms with E-state index in [2.05, 4.69) is 27.8 Å². The minimum atomic E-state index is -0.837. The summed E-state index contributed by atoms with van der Waals surface area (Å²) in [6, 6.07) is 6.82. The summed E-state index contributed by atoms with van der Waals surface area (Å²) in [4.78, 5) is 24.6. The molecule has 8 nitrogen and oxygen atoms in total. The number of carbonyl (C=O) groups excluding carboxylic acids is 2. The summed E-state index contributed by atoms with van der Waals surface area (Å²) in [5.41, 5.74) is 1.09. The number of carbonyl (C=O) groups is 2. The van der Waals surface area contributed by atoms with Crippen molar-refractivity contribution in [3.05, 3.63) is 36.2 Å². The molecule has 1 aromatic carbocycles. The lowest BCUT2D eigenvalue weighted by atomic mass is 9.86. The van der Waals surface area contributed by atoms with Gasteiger partial charge in [-0.2, -0.15) is 0 Å². The Labute approximate surface area is 151 Å². The Morgan fingerprint density at radius 1 is 1.23 bits per heavy atom. The molecule has 0 bridgehead atoms. The third-order valence-electron chi connectivity index (χ3n) is 4.81. The summed E-state index contributed by atoms with van der Waals surface area (Å²) in [6.45, 7) is 3.74. The first kappa shape index (κ1) is 18.0. The van der Waals surface area contributed by atoms with Gasteiger partial charge < -0.3 is 10.1 Å². The van der Waals surface area contributed by atoms with Crippen molar-refractivity contribution < 1.29 is 14.3 Å². The molecule has 0 spiro atoms. The van der Waals surface area contributed by atoms with Crippen LogP contribution in [0.2, 0.25) is 0 Å². The number of amides is 1. The van der Waals surface area contributed by atoms with Crippen molar-refractivity contribution in [1.29, 1.82) is 0 Å². The van der Waals surface area contributed by atoms with Gasteiger partial charge in [0.1, 0.15) is 6.33 Å². The molecule has 3 atom stereocenters. The summed E-state index contributed by atoms with van der Waals surface area (Å²) in [7, 11) is 0. The normalized spacial score (nSPS) is 21.0. The van der Waals surface area contributed by atoms with E-state index in [0.29, 0.717) is 11.5 Å². The van der Waals surface area contributed by atoms with Crippen molar-refractivity contribution in [3.63, 3.8) is 0 Å². The molecular formula is C18H23N5O3. The number of ether oxygens (including phenoxy) is 1. The number of benzene rings is 1. The molecule has 1 heterocycles. The molecule has 26 heavy (non-hydrogen) atoms. The first-order chi connectivity index (χ1) is 12.5. The molecule has 1 amide bonds. The highest BCUT2D eigenvalue weighted by atomic mass is 16.5. The van der Waals surface area contributed by atoms with E-state index >= 15 is 0 Å². The lowest BCUT2D eigenvalue weighted by molar-refractivity contribution is -0.130. The average Bonchev–Trinajstić information content (AvgIpc) is 3.18. The van der Waals surface area contributed by atoms with Crippen LogP contribution in [-0.2, 0) is 9.53 Å². The maximum atomic E-state index is 12.3. The van der Waals surface area contributed by atoms with Gasteiger partial charge in [-0.05, 0) is 60.4 Å². The number of tetrazole rings is 1. The quantitative estimate of drug-likeness (QED) is 0.821. The van der Waals surface area contributed by atoms with Crippen LogP contribution in [0.25, 0.3) is 5.69 Å². The smallest absolute Gasteiger partial charge is 0.338 e. The Morgan fingerprint density at radius 3 is 2.62 bits per heavy atom. The van der Waals surface area contributed by atoms with Gasteiger partial charge in [0.25, 0.3) is 5.91 Å². The predicted molar refractivity (Wildman–Crippen MR) is 93.6 cm³/mol.